The monoisotopic (exact) mass is 312 g/mol. The van der Waals surface area contributed by atoms with Crippen molar-refractivity contribution in [2.24, 2.45) is 28.5 Å². The number of fused-ring (bicyclic) bond motifs is 2. The molecule has 2 aliphatic carbocycles. The SMILES string of the molecule is NC1=NC2CCC(Cl)CC2C1(O)C1CCCC2CCOC21. The predicted octanol–water partition coefficient (Wildman–Crippen LogP) is 2.07. The first-order valence-electron chi connectivity index (χ1n) is 8.42. The normalized spacial score (nSPS) is 53.1. The van der Waals surface area contributed by atoms with Gasteiger partial charge in [-0.1, -0.05) is 6.42 Å². The summed E-state index contributed by atoms with van der Waals surface area (Å²) < 4.78 is 6.00. The fourth-order valence-corrected chi connectivity index (χ4v) is 5.63. The van der Waals surface area contributed by atoms with Gasteiger partial charge in [-0.2, -0.15) is 0 Å². The minimum absolute atomic E-state index is 0.0849. The Morgan fingerprint density at radius 2 is 2.05 bits per heavy atom. The van der Waals surface area contributed by atoms with E-state index in [1.54, 1.807) is 0 Å². The summed E-state index contributed by atoms with van der Waals surface area (Å²) >= 11 is 6.37. The van der Waals surface area contributed by atoms with E-state index in [1.165, 1.54) is 6.42 Å². The summed E-state index contributed by atoms with van der Waals surface area (Å²) in [6.45, 7) is 0.825. The molecule has 0 amide bonds. The van der Waals surface area contributed by atoms with Gasteiger partial charge in [-0.05, 0) is 44.4 Å². The average molecular weight is 313 g/mol. The van der Waals surface area contributed by atoms with Crippen molar-refractivity contribution in [3.63, 3.8) is 0 Å². The van der Waals surface area contributed by atoms with Gasteiger partial charge in [0.15, 0.2) is 0 Å². The van der Waals surface area contributed by atoms with Gasteiger partial charge in [-0.25, -0.2) is 0 Å². The second-order valence-electron chi connectivity index (χ2n) is 7.35. The lowest BCUT2D eigenvalue weighted by Gasteiger charge is -2.46. The number of hydrogen-bond donors (Lipinski definition) is 2. The molecule has 7 unspecified atom stereocenters. The number of hydrogen-bond acceptors (Lipinski definition) is 4. The second kappa shape index (κ2) is 5.10. The van der Waals surface area contributed by atoms with Crippen molar-refractivity contribution >= 4 is 17.4 Å². The average Bonchev–Trinajstić information content (AvgIpc) is 3.04. The molecule has 118 valence electrons. The third-order valence-corrected chi connectivity index (χ3v) is 6.74. The van der Waals surface area contributed by atoms with E-state index in [-0.39, 0.29) is 29.4 Å². The number of ether oxygens (including phenoxy) is 1. The summed E-state index contributed by atoms with van der Waals surface area (Å²) in [4.78, 5) is 4.62. The zero-order valence-corrected chi connectivity index (χ0v) is 13.1. The van der Waals surface area contributed by atoms with Gasteiger partial charge in [-0.15, -0.1) is 11.6 Å². The van der Waals surface area contributed by atoms with Crippen molar-refractivity contribution in [1.82, 2.24) is 0 Å². The minimum atomic E-state index is -0.994. The number of aliphatic imine (C=N–C) groups is 1. The van der Waals surface area contributed by atoms with Crippen LogP contribution in [0.4, 0.5) is 0 Å². The molecule has 0 aromatic rings. The lowest BCUT2D eigenvalue weighted by atomic mass is 9.63. The Hall–Kier alpha value is -0.320. The summed E-state index contributed by atoms with van der Waals surface area (Å²) in [5, 5.41) is 11.7. The molecule has 0 spiro atoms. The van der Waals surface area contributed by atoms with Crippen LogP contribution in [-0.4, -0.2) is 40.7 Å². The van der Waals surface area contributed by atoms with Crippen LogP contribution in [0.25, 0.3) is 0 Å². The van der Waals surface area contributed by atoms with Crippen molar-refractivity contribution in [3.05, 3.63) is 0 Å². The first-order valence-corrected chi connectivity index (χ1v) is 8.86. The van der Waals surface area contributed by atoms with E-state index >= 15 is 0 Å². The van der Waals surface area contributed by atoms with Crippen LogP contribution in [0.15, 0.2) is 4.99 Å². The smallest absolute Gasteiger partial charge is 0.131 e. The van der Waals surface area contributed by atoms with Gasteiger partial charge in [0.2, 0.25) is 0 Å². The first kappa shape index (κ1) is 14.3. The molecule has 0 aromatic heterocycles. The van der Waals surface area contributed by atoms with Gasteiger partial charge in [-0.3, -0.25) is 4.99 Å². The van der Waals surface area contributed by atoms with E-state index < -0.39 is 5.60 Å². The van der Waals surface area contributed by atoms with E-state index in [2.05, 4.69) is 4.99 Å². The second-order valence-corrected chi connectivity index (χ2v) is 7.96. The van der Waals surface area contributed by atoms with Gasteiger partial charge < -0.3 is 15.6 Å². The molecule has 4 aliphatic rings. The Morgan fingerprint density at radius 1 is 1.19 bits per heavy atom. The number of nitrogens with two attached hydrogens (primary N) is 1. The number of amidine groups is 1. The third kappa shape index (κ3) is 2.06. The maximum atomic E-state index is 11.6. The molecule has 4 rings (SSSR count). The van der Waals surface area contributed by atoms with Crippen LogP contribution in [0.1, 0.15) is 44.9 Å². The quantitative estimate of drug-likeness (QED) is 0.728. The van der Waals surface area contributed by atoms with E-state index in [1.807, 2.05) is 0 Å². The minimum Gasteiger partial charge on any atom is -0.385 e. The van der Waals surface area contributed by atoms with Gasteiger partial charge in [0.1, 0.15) is 11.4 Å². The molecule has 3 N–H and O–H groups in total. The molecule has 5 heteroatoms. The van der Waals surface area contributed by atoms with Gasteiger partial charge >= 0.3 is 0 Å². The van der Waals surface area contributed by atoms with Crippen molar-refractivity contribution in [2.45, 2.75) is 68.1 Å². The Labute approximate surface area is 131 Å². The van der Waals surface area contributed by atoms with Crippen molar-refractivity contribution in [3.8, 4) is 0 Å². The zero-order valence-electron chi connectivity index (χ0n) is 12.4. The highest BCUT2D eigenvalue weighted by Gasteiger charge is 2.59. The van der Waals surface area contributed by atoms with Crippen LogP contribution < -0.4 is 5.73 Å². The highest BCUT2D eigenvalue weighted by atomic mass is 35.5. The fraction of sp³-hybridized carbons (Fsp3) is 0.938. The van der Waals surface area contributed by atoms with Crippen molar-refractivity contribution < 1.29 is 9.84 Å². The Morgan fingerprint density at radius 3 is 2.90 bits per heavy atom. The topological polar surface area (TPSA) is 67.8 Å². The lowest BCUT2D eigenvalue weighted by Crippen LogP contribution is -2.59. The molecule has 3 fully saturated rings. The first-order chi connectivity index (χ1) is 10.1. The molecule has 4 nitrogen and oxygen atoms in total. The number of nitrogens with zero attached hydrogens (tertiary/aromatic N) is 1. The number of halogens is 1. The Kier molecular flexibility index (Phi) is 3.47. The summed E-state index contributed by atoms with van der Waals surface area (Å²) in [5.74, 6) is 1.22. The molecule has 0 bridgehead atoms. The predicted molar refractivity (Wildman–Crippen MR) is 82.5 cm³/mol. The summed E-state index contributed by atoms with van der Waals surface area (Å²) in [6, 6.07) is 0.159. The van der Waals surface area contributed by atoms with E-state index in [4.69, 9.17) is 22.1 Å². The third-order valence-electron chi connectivity index (χ3n) is 6.35. The zero-order chi connectivity index (χ0) is 14.6. The Balaban J connectivity index is 1.66. The molecule has 0 radical (unpaired) electrons. The van der Waals surface area contributed by atoms with Crippen LogP contribution in [0.5, 0.6) is 0 Å². The summed E-state index contributed by atoms with van der Waals surface area (Å²) in [6.07, 6.45) is 7.40. The summed E-state index contributed by atoms with van der Waals surface area (Å²) in [7, 11) is 0. The Bertz CT molecular complexity index is 458. The number of aliphatic hydroxyl groups is 1. The van der Waals surface area contributed by atoms with E-state index in [0.29, 0.717) is 11.8 Å². The van der Waals surface area contributed by atoms with E-state index in [0.717, 1.165) is 45.1 Å². The molecular formula is C16H25ClN2O2. The van der Waals surface area contributed by atoms with Crippen LogP contribution in [0.2, 0.25) is 0 Å². The van der Waals surface area contributed by atoms with Crippen LogP contribution in [0.3, 0.4) is 0 Å². The molecular weight excluding hydrogens is 288 g/mol. The molecule has 2 aliphatic heterocycles. The maximum absolute atomic E-state index is 11.6. The maximum Gasteiger partial charge on any atom is 0.131 e. The largest absolute Gasteiger partial charge is 0.385 e. The highest BCUT2D eigenvalue weighted by Crippen LogP contribution is 2.51. The van der Waals surface area contributed by atoms with Crippen molar-refractivity contribution in [2.75, 3.05) is 6.61 Å². The molecule has 21 heavy (non-hydrogen) atoms. The van der Waals surface area contributed by atoms with Crippen LogP contribution in [-0.2, 0) is 4.74 Å². The van der Waals surface area contributed by atoms with Crippen LogP contribution in [0, 0.1) is 17.8 Å². The van der Waals surface area contributed by atoms with Gasteiger partial charge in [0.25, 0.3) is 0 Å². The van der Waals surface area contributed by atoms with Crippen molar-refractivity contribution in [1.29, 1.82) is 0 Å². The van der Waals surface area contributed by atoms with Crippen LogP contribution >= 0.6 is 11.6 Å². The molecule has 7 atom stereocenters. The highest BCUT2D eigenvalue weighted by molar-refractivity contribution is 6.20. The number of rotatable bonds is 1. The fourth-order valence-electron chi connectivity index (χ4n) is 5.31. The molecule has 1 saturated heterocycles. The summed E-state index contributed by atoms with van der Waals surface area (Å²) in [5.41, 5.74) is 5.24. The van der Waals surface area contributed by atoms with E-state index in [9.17, 15) is 5.11 Å². The molecule has 2 saturated carbocycles. The number of alkyl halides is 1. The standard InChI is InChI=1S/C16H25ClN2O2/c17-10-4-5-13-12(8-10)16(20,15(18)19-13)11-3-1-2-9-6-7-21-14(9)11/h9-14,20H,1-8H2,(H2,18,19). The molecule has 2 heterocycles. The van der Waals surface area contributed by atoms with Gasteiger partial charge in [0.05, 0.1) is 12.1 Å². The lowest BCUT2D eigenvalue weighted by molar-refractivity contribution is -0.0961. The van der Waals surface area contributed by atoms with Gasteiger partial charge in [0, 0.05) is 23.8 Å². The molecule has 0 aromatic carbocycles.